The van der Waals surface area contributed by atoms with Crippen LogP contribution >= 0.6 is 11.8 Å². The van der Waals surface area contributed by atoms with E-state index in [0.29, 0.717) is 0 Å². The molecule has 10 heavy (non-hydrogen) atoms. The van der Waals surface area contributed by atoms with Crippen molar-refractivity contribution in [2.75, 3.05) is 5.32 Å². The van der Waals surface area contributed by atoms with Gasteiger partial charge in [0, 0.05) is 17.8 Å². The van der Waals surface area contributed by atoms with Crippen molar-refractivity contribution in [1.82, 2.24) is 4.98 Å². The summed E-state index contributed by atoms with van der Waals surface area (Å²) in [5.41, 5.74) is 0. The van der Waals surface area contributed by atoms with E-state index in [1.54, 1.807) is 24.2 Å². The Balaban J connectivity index is 2.47. The van der Waals surface area contributed by atoms with Crippen LogP contribution in [-0.4, -0.2) is 4.98 Å². The Bertz CT molecular complexity index is 243. The minimum absolute atomic E-state index is 0.922. The molecule has 2 rings (SSSR count). The zero-order valence-electron chi connectivity index (χ0n) is 5.16. The third kappa shape index (κ3) is 0.885. The average molecular weight is 149 g/mol. The van der Waals surface area contributed by atoms with Gasteiger partial charge >= 0.3 is 0 Å². The van der Waals surface area contributed by atoms with Crippen LogP contribution in [0.25, 0.3) is 0 Å². The molecule has 0 spiro atoms. The Morgan fingerprint density at radius 1 is 1.60 bits per heavy atom. The van der Waals surface area contributed by atoms with Gasteiger partial charge in [-0.1, -0.05) is 11.8 Å². The maximum atomic E-state index is 4.12. The van der Waals surface area contributed by atoms with Crippen LogP contribution in [0.15, 0.2) is 29.4 Å². The van der Waals surface area contributed by atoms with Gasteiger partial charge in [0.15, 0.2) is 0 Å². The minimum Gasteiger partial charge on any atom is -0.345 e. The van der Waals surface area contributed by atoms with Crippen molar-refractivity contribution in [2.24, 2.45) is 0 Å². The Morgan fingerprint density at radius 2 is 2.60 bits per heavy atom. The van der Waals surface area contributed by atoms with Crippen molar-refractivity contribution >= 4 is 17.6 Å². The quantitative estimate of drug-likeness (QED) is 0.609. The normalized spacial score (nSPS) is 14.0. The molecule has 1 N–H and O–H groups in total. The van der Waals surface area contributed by atoms with Gasteiger partial charge in [-0.2, -0.15) is 0 Å². The lowest BCUT2D eigenvalue weighted by atomic mass is 10.4. The summed E-state index contributed by atoms with van der Waals surface area (Å²) in [6.07, 6.45) is 3.53. The molecule has 0 atom stereocenters. The Hall–Kier alpha value is -0.960. The maximum absolute atomic E-state index is 4.12. The van der Waals surface area contributed by atoms with Crippen molar-refractivity contribution < 1.29 is 0 Å². The SMILES string of the molecule is [C]1=CNc2ncccc2S1. The van der Waals surface area contributed by atoms with E-state index in [2.05, 4.69) is 15.7 Å². The lowest BCUT2D eigenvalue weighted by molar-refractivity contribution is 1.22. The van der Waals surface area contributed by atoms with E-state index in [1.807, 2.05) is 12.1 Å². The summed E-state index contributed by atoms with van der Waals surface area (Å²) in [6.45, 7) is 0. The lowest BCUT2D eigenvalue weighted by Gasteiger charge is -2.07. The van der Waals surface area contributed by atoms with E-state index in [0.717, 1.165) is 10.7 Å². The first-order valence-electron chi connectivity index (χ1n) is 2.92. The summed E-state index contributed by atoms with van der Waals surface area (Å²) in [5.74, 6) is 0.922. The fraction of sp³-hybridized carbons (Fsp3) is 0. The Labute approximate surface area is 63.4 Å². The second kappa shape index (κ2) is 2.34. The van der Waals surface area contributed by atoms with Crippen LogP contribution in [0.2, 0.25) is 0 Å². The number of thioether (sulfide) groups is 1. The molecule has 0 saturated heterocycles. The number of nitrogens with one attached hydrogen (secondary N) is 1. The molecule has 1 aliphatic rings. The molecule has 3 heteroatoms. The van der Waals surface area contributed by atoms with Crippen LogP contribution in [0.1, 0.15) is 0 Å². The number of pyridine rings is 1. The fourth-order valence-corrected chi connectivity index (χ4v) is 1.37. The summed E-state index contributed by atoms with van der Waals surface area (Å²) in [4.78, 5) is 5.25. The zero-order valence-corrected chi connectivity index (χ0v) is 5.98. The standard InChI is InChI=1S/C7H5N2S/c1-2-6-7(8-3-1)9-4-5-10-6/h1-4H,(H,8,9). The summed E-state index contributed by atoms with van der Waals surface area (Å²) in [7, 11) is 0. The Morgan fingerprint density at radius 3 is 3.50 bits per heavy atom. The highest BCUT2D eigenvalue weighted by molar-refractivity contribution is 8.01. The molecule has 1 aliphatic heterocycles. The van der Waals surface area contributed by atoms with Gasteiger partial charge in [0.1, 0.15) is 5.82 Å². The predicted molar refractivity (Wildman–Crippen MR) is 41.5 cm³/mol. The second-order valence-electron chi connectivity index (χ2n) is 1.86. The highest BCUT2D eigenvalue weighted by Crippen LogP contribution is 2.27. The number of hydrogen-bond donors (Lipinski definition) is 1. The fourth-order valence-electron chi connectivity index (χ4n) is 0.772. The largest absolute Gasteiger partial charge is 0.345 e. The van der Waals surface area contributed by atoms with Crippen molar-refractivity contribution in [2.45, 2.75) is 4.90 Å². The minimum atomic E-state index is 0.922. The van der Waals surface area contributed by atoms with Gasteiger partial charge in [-0.3, -0.25) is 0 Å². The van der Waals surface area contributed by atoms with E-state index >= 15 is 0 Å². The molecular weight excluding hydrogens is 144 g/mol. The van der Waals surface area contributed by atoms with Gasteiger partial charge in [-0.25, -0.2) is 4.98 Å². The summed E-state index contributed by atoms with van der Waals surface area (Å²) in [5, 5.41) is 5.98. The predicted octanol–water partition coefficient (Wildman–Crippen LogP) is 1.87. The van der Waals surface area contributed by atoms with E-state index in [-0.39, 0.29) is 0 Å². The highest BCUT2D eigenvalue weighted by Gasteiger charge is 2.03. The van der Waals surface area contributed by atoms with Gasteiger partial charge in [0.25, 0.3) is 0 Å². The van der Waals surface area contributed by atoms with Crippen LogP contribution < -0.4 is 5.32 Å². The van der Waals surface area contributed by atoms with Gasteiger partial charge in [-0.15, -0.1) is 0 Å². The van der Waals surface area contributed by atoms with Gasteiger partial charge < -0.3 is 5.32 Å². The Kier molecular flexibility index (Phi) is 1.36. The van der Waals surface area contributed by atoms with Crippen molar-refractivity contribution in [3.63, 3.8) is 0 Å². The van der Waals surface area contributed by atoms with E-state index in [9.17, 15) is 0 Å². The monoisotopic (exact) mass is 149 g/mol. The molecule has 0 bridgehead atoms. The topological polar surface area (TPSA) is 24.9 Å². The third-order valence-corrected chi connectivity index (χ3v) is 1.99. The molecule has 1 aromatic rings. The summed E-state index contributed by atoms with van der Waals surface area (Å²) >= 11 is 1.56. The molecule has 49 valence electrons. The first-order chi connectivity index (χ1) is 4.97. The zero-order chi connectivity index (χ0) is 6.81. The van der Waals surface area contributed by atoms with E-state index in [4.69, 9.17) is 0 Å². The molecule has 0 saturated carbocycles. The van der Waals surface area contributed by atoms with Gasteiger partial charge in [0.2, 0.25) is 0 Å². The molecule has 1 aromatic heterocycles. The van der Waals surface area contributed by atoms with Crippen LogP contribution in [0.3, 0.4) is 0 Å². The van der Waals surface area contributed by atoms with Gasteiger partial charge in [0.05, 0.1) is 4.90 Å². The number of nitrogens with zero attached hydrogens (tertiary/aromatic N) is 1. The van der Waals surface area contributed by atoms with Crippen LogP contribution in [0, 0.1) is 5.41 Å². The molecule has 2 nitrogen and oxygen atoms in total. The van der Waals surface area contributed by atoms with Crippen LogP contribution in [0.4, 0.5) is 5.82 Å². The van der Waals surface area contributed by atoms with Gasteiger partial charge in [-0.05, 0) is 12.1 Å². The van der Waals surface area contributed by atoms with E-state index in [1.165, 1.54) is 0 Å². The summed E-state index contributed by atoms with van der Waals surface area (Å²) < 4.78 is 0. The number of fused-ring (bicyclic) bond motifs is 1. The number of hydrogen-bond acceptors (Lipinski definition) is 3. The van der Waals surface area contributed by atoms with E-state index < -0.39 is 0 Å². The number of anilines is 1. The molecular formula is C7H5N2S. The van der Waals surface area contributed by atoms with Crippen molar-refractivity contribution in [3.05, 3.63) is 29.9 Å². The molecule has 0 aromatic carbocycles. The van der Waals surface area contributed by atoms with Crippen molar-refractivity contribution in [1.29, 1.82) is 0 Å². The maximum Gasteiger partial charge on any atom is 0.143 e. The van der Waals surface area contributed by atoms with Crippen LogP contribution in [-0.2, 0) is 0 Å². The first-order valence-corrected chi connectivity index (χ1v) is 3.74. The van der Waals surface area contributed by atoms with Crippen molar-refractivity contribution in [3.8, 4) is 0 Å². The lowest BCUT2D eigenvalue weighted by Crippen LogP contribution is -1.95. The highest BCUT2D eigenvalue weighted by atomic mass is 32.2. The number of aromatic nitrogens is 1. The molecule has 0 unspecified atom stereocenters. The molecule has 0 amide bonds. The third-order valence-electron chi connectivity index (χ3n) is 1.21. The summed E-state index contributed by atoms with van der Waals surface area (Å²) in [6, 6.07) is 3.93. The average Bonchev–Trinajstić information content (AvgIpc) is 2.05. The molecule has 2 heterocycles. The molecule has 1 radical (unpaired) electrons. The second-order valence-corrected chi connectivity index (χ2v) is 2.74. The molecule has 0 aliphatic carbocycles. The smallest absolute Gasteiger partial charge is 0.143 e. The first kappa shape index (κ1) is 5.80. The number of rotatable bonds is 0. The molecule has 0 fully saturated rings. The van der Waals surface area contributed by atoms with Crippen LogP contribution in [0.5, 0.6) is 0 Å².